The summed E-state index contributed by atoms with van der Waals surface area (Å²) in [5.74, 6) is 0.226. The first kappa shape index (κ1) is 12.7. The minimum atomic E-state index is -4.35. The van der Waals surface area contributed by atoms with E-state index in [0.29, 0.717) is 30.5 Å². The molecule has 110 valence electrons. The smallest absolute Gasteiger partial charge is 0.320 e. The minimum absolute atomic E-state index is 0.0426. The molecule has 3 aliphatic rings. The van der Waals surface area contributed by atoms with Gasteiger partial charge in [0.15, 0.2) is 0 Å². The summed E-state index contributed by atoms with van der Waals surface area (Å²) in [4.78, 5) is 3.94. The Labute approximate surface area is 115 Å². The molecule has 1 aliphatic heterocycles. The van der Waals surface area contributed by atoms with Crippen molar-refractivity contribution >= 4 is 0 Å². The van der Waals surface area contributed by atoms with Crippen LogP contribution in [0.15, 0.2) is 0 Å². The summed E-state index contributed by atoms with van der Waals surface area (Å²) < 4.78 is 41.7. The quantitative estimate of drug-likeness (QED) is 0.925. The Balaban J connectivity index is 1.84. The van der Waals surface area contributed by atoms with E-state index in [-0.39, 0.29) is 6.04 Å². The Morgan fingerprint density at radius 3 is 2.35 bits per heavy atom. The second kappa shape index (κ2) is 4.23. The summed E-state index contributed by atoms with van der Waals surface area (Å²) in [7, 11) is 0. The predicted molar refractivity (Wildman–Crippen MR) is 67.1 cm³/mol. The van der Waals surface area contributed by atoms with Crippen LogP contribution < -0.4 is 5.32 Å². The van der Waals surface area contributed by atoms with Crippen molar-refractivity contribution in [3.05, 3.63) is 17.2 Å². The van der Waals surface area contributed by atoms with Gasteiger partial charge in [-0.2, -0.15) is 13.2 Å². The number of nitrogens with zero attached hydrogens (tertiary/aromatic N) is 2. The molecule has 3 nitrogen and oxygen atoms in total. The molecule has 2 fully saturated rings. The fourth-order valence-electron chi connectivity index (χ4n) is 3.54. The number of fused-ring (bicyclic) bond motifs is 1. The number of hydrogen-bond acceptors (Lipinski definition) is 2. The second-order valence-corrected chi connectivity index (χ2v) is 6.29. The molecule has 1 aromatic heterocycles. The van der Waals surface area contributed by atoms with Crippen molar-refractivity contribution in [3.8, 4) is 0 Å². The highest BCUT2D eigenvalue weighted by molar-refractivity contribution is 5.24. The van der Waals surface area contributed by atoms with Crippen LogP contribution in [0.1, 0.15) is 48.9 Å². The largest absolute Gasteiger partial charge is 0.449 e. The van der Waals surface area contributed by atoms with Crippen molar-refractivity contribution < 1.29 is 13.2 Å². The number of nitrogens with one attached hydrogen (secondary N) is 1. The van der Waals surface area contributed by atoms with Gasteiger partial charge in [0.1, 0.15) is 0 Å². The number of imidazole rings is 1. The molecule has 6 heteroatoms. The molecule has 2 heterocycles. The van der Waals surface area contributed by atoms with Crippen LogP contribution >= 0.6 is 0 Å². The third-order valence-electron chi connectivity index (χ3n) is 4.69. The zero-order valence-electron chi connectivity index (χ0n) is 11.2. The fourth-order valence-corrected chi connectivity index (χ4v) is 3.54. The van der Waals surface area contributed by atoms with E-state index in [1.165, 1.54) is 0 Å². The zero-order valence-corrected chi connectivity index (χ0v) is 11.2. The van der Waals surface area contributed by atoms with Gasteiger partial charge in [-0.1, -0.05) is 0 Å². The van der Waals surface area contributed by atoms with Crippen molar-refractivity contribution in [3.63, 3.8) is 0 Å². The van der Waals surface area contributed by atoms with Crippen molar-refractivity contribution in [2.45, 2.75) is 50.9 Å². The Kier molecular flexibility index (Phi) is 2.68. The van der Waals surface area contributed by atoms with Crippen molar-refractivity contribution in [2.75, 3.05) is 6.54 Å². The molecule has 2 saturated carbocycles. The third-order valence-corrected chi connectivity index (χ3v) is 4.69. The molecule has 0 atom stereocenters. The van der Waals surface area contributed by atoms with Gasteiger partial charge in [-0.25, -0.2) is 4.98 Å². The molecule has 0 saturated heterocycles. The standard InChI is InChI=1S/C14H18F3N3/c15-14(16,17)13-19-10-7-18-6-5-11(10)20(13)12(8-1-2-8)9-3-4-9/h8-9,12,18H,1-7H2. The fraction of sp³-hybridized carbons (Fsp3) is 0.786. The van der Waals surface area contributed by atoms with Gasteiger partial charge in [0.25, 0.3) is 0 Å². The predicted octanol–water partition coefficient (Wildman–Crippen LogP) is 2.91. The van der Waals surface area contributed by atoms with E-state index >= 15 is 0 Å². The molecule has 0 radical (unpaired) electrons. The van der Waals surface area contributed by atoms with Crippen LogP contribution in [-0.2, 0) is 19.1 Å². The number of halogens is 3. The number of aromatic nitrogens is 2. The first-order valence-corrected chi connectivity index (χ1v) is 7.43. The Hall–Kier alpha value is -1.04. The molecule has 0 bridgehead atoms. The maximum Gasteiger partial charge on any atom is 0.449 e. The lowest BCUT2D eigenvalue weighted by atomic mass is 10.0. The van der Waals surface area contributed by atoms with E-state index in [1.807, 2.05) is 0 Å². The summed E-state index contributed by atoms with van der Waals surface area (Å²) in [6.07, 6.45) is 0.606. The number of rotatable bonds is 3. The van der Waals surface area contributed by atoms with Crippen LogP contribution in [0, 0.1) is 11.8 Å². The maximum atomic E-state index is 13.4. The molecule has 0 amide bonds. The first-order chi connectivity index (χ1) is 9.55. The maximum absolute atomic E-state index is 13.4. The van der Waals surface area contributed by atoms with Crippen LogP contribution in [0.5, 0.6) is 0 Å². The Bertz CT molecular complexity index is 515. The SMILES string of the molecule is FC(F)(F)c1nc2c(n1C(C1CC1)C1CC1)CCNC2. The van der Waals surface area contributed by atoms with Gasteiger partial charge in [0, 0.05) is 31.2 Å². The van der Waals surface area contributed by atoms with E-state index in [1.54, 1.807) is 4.57 Å². The summed E-state index contributed by atoms with van der Waals surface area (Å²) in [6, 6.07) is 0.0426. The highest BCUT2D eigenvalue weighted by Gasteiger charge is 2.48. The summed E-state index contributed by atoms with van der Waals surface area (Å²) in [6.45, 7) is 1.21. The number of alkyl halides is 3. The molecule has 1 N–H and O–H groups in total. The van der Waals surface area contributed by atoms with Crippen LogP contribution in [0.4, 0.5) is 13.2 Å². The molecule has 0 aromatic carbocycles. The zero-order chi connectivity index (χ0) is 13.9. The molecular weight excluding hydrogens is 267 g/mol. The van der Waals surface area contributed by atoms with Gasteiger partial charge in [0.05, 0.1) is 5.69 Å². The monoisotopic (exact) mass is 285 g/mol. The van der Waals surface area contributed by atoms with Gasteiger partial charge < -0.3 is 9.88 Å². The van der Waals surface area contributed by atoms with E-state index in [2.05, 4.69) is 10.3 Å². The van der Waals surface area contributed by atoms with E-state index < -0.39 is 12.0 Å². The van der Waals surface area contributed by atoms with Crippen LogP contribution in [0.25, 0.3) is 0 Å². The normalized spacial score (nSPS) is 23.2. The Morgan fingerprint density at radius 2 is 1.80 bits per heavy atom. The molecule has 2 aliphatic carbocycles. The van der Waals surface area contributed by atoms with Gasteiger partial charge in [-0.05, 0) is 37.5 Å². The molecule has 1 aromatic rings. The number of hydrogen-bond donors (Lipinski definition) is 1. The average molecular weight is 285 g/mol. The lowest BCUT2D eigenvalue weighted by molar-refractivity contribution is -0.148. The lowest BCUT2D eigenvalue weighted by Crippen LogP contribution is -2.28. The van der Waals surface area contributed by atoms with E-state index in [9.17, 15) is 13.2 Å². The molecule has 20 heavy (non-hydrogen) atoms. The van der Waals surface area contributed by atoms with Gasteiger partial charge in [-0.3, -0.25) is 0 Å². The second-order valence-electron chi connectivity index (χ2n) is 6.29. The highest BCUT2D eigenvalue weighted by Crippen LogP contribution is 2.54. The molecular formula is C14H18F3N3. The molecule has 4 rings (SSSR count). The van der Waals surface area contributed by atoms with Crippen molar-refractivity contribution in [2.24, 2.45) is 11.8 Å². The summed E-state index contributed by atoms with van der Waals surface area (Å²) in [5.41, 5.74) is 1.44. The minimum Gasteiger partial charge on any atom is -0.320 e. The van der Waals surface area contributed by atoms with Crippen molar-refractivity contribution in [1.29, 1.82) is 0 Å². The van der Waals surface area contributed by atoms with Gasteiger partial charge >= 0.3 is 6.18 Å². The molecule has 0 unspecified atom stereocenters. The van der Waals surface area contributed by atoms with Crippen molar-refractivity contribution in [1.82, 2.24) is 14.9 Å². The van der Waals surface area contributed by atoms with Crippen LogP contribution in [0.2, 0.25) is 0 Å². The van der Waals surface area contributed by atoms with Crippen LogP contribution in [0.3, 0.4) is 0 Å². The highest BCUT2D eigenvalue weighted by atomic mass is 19.4. The molecule has 0 spiro atoms. The average Bonchev–Trinajstić information content (AvgIpc) is 3.27. The Morgan fingerprint density at radius 1 is 1.15 bits per heavy atom. The first-order valence-electron chi connectivity index (χ1n) is 7.43. The van der Waals surface area contributed by atoms with E-state index in [0.717, 1.165) is 37.9 Å². The lowest BCUT2D eigenvalue weighted by Gasteiger charge is -2.25. The van der Waals surface area contributed by atoms with Gasteiger partial charge in [-0.15, -0.1) is 0 Å². The topological polar surface area (TPSA) is 29.9 Å². The van der Waals surface area contributed by atoms with Gasteiger partial charge in [0.2, 0.25) is 5.82 Å². The summed E-state index contributed by atoms with van der Waals surface area (Å²) in [5, 5.41) is 3.12. The van der Waals surface area contributed by atoms with Crippen LogP contribution in [-0.4, -0.2) is 16.1 Å². The summed E-state index contributed by atoms with van der Waals surface area (Å²) >= 11 is 0. The van der Waals surface area contributed by atoms with E-state index in [4.69, 9.17) is 0 Å². The third kappa shape index (κ3) is 2.05.